The van der Waals surface area contributed by atoms with E-state index in [9.17, 15) is 0 Å². The second-order valence-corrected chi connectivity index (χ2v) is 5.17. The molecule has 0 unspecified atom stereocenters. The maximum absolute atomic E-state index is 5.86. The van der Waals surface area contributed by atoms with Gasteiger partial charge in [0.1, 0.15) is 17.9 Å². The van der Waals surface area contributed by atoms with Gasteiger partial charge in [-0.05, 0) is 44.0 Å². The Labute approximate surface area is 121 Å². The van der Waals surface area contributed by atoms with Gasteiger partial charge in [0.15, 0.2) is 0 Å². The second-order valence-electron chi connectivity index (χ2n) is 4.38. The van der Waals surface area contributed by atoms with Crippen LogP contribution in [-0.2, 0) is 0 Å². The summed E-state index contributed by atoms with van der Waals surface area (Å²) in [6, 6.07) is 3.97. The molecule has 0 aliphatic carbocycles. The van der Waals surface area contributed by atoms with Gasteiger partial charge >= 0.3 is 0 Å². The van der Waals surface area contributed by atoms with E-state index in [0.29, 0.717) is 5.88 Å². The third kappa shape index (κ3) is 2.87. The van der Waals surface area contributed by atoms with Gasteiger partial charge in [-0.25, -0.2) is 9.97 Å². The van der Waals surface area contributed by atoms with Crippen LogP contribution in [0.3, 0.4) is 0 Å². The number of halogens is 1. The minimum atomic E-state index is 0.570. The predicted octanol–water partition coefficient (Wildman–Crippen LogP) is 4.00. The van der Waals surface area contributed by atoms with Crippen molar-refractivity contribution in [2.24, 2.45) is 0 Å². The Balaban J connectivity index is 2.36. The quantitative estimate of drug-likeness (QED) is 0.928. The Bertz CT molecular complexity index is 591. The van der Waals surface area contributed by atoms with Crippen LogP contribution < -0.4 is 10.1 Å². The zero-order valence-corrected chi connectivity index (χ0v) is 13.0. The molecular weight excluding hydrogens is 306 g/mol. The number of nitrogens with one attached hydrogen (secondary N) is 1. The molecule has 2 aromatic rings. The molecule has 1 heterocycles. The first-order chi connectivity index (χ1) is 9.02. The van der Waals surface area contributed by atoms with E-state index in [-0.39, 0.29) is 0 Å². The molecule has 0 aliphatic heterocycles. The van der Waals surface area contributed by atoms with Crippen LogP contribution in [0.15, 0.2) is 22.9 Å². The molecule has 0 spiro atoms. The Kier molecular flexibility index (Phi) is 4.04. The van der Waals surface area contributed by atoms with Gasteiger partial charge in [0.25, 0.3) is 0 Å². The topological polar surface area (TPSA) is 47.0 Å². The van der Waals surface area contributed by atoms with Crippen LogP contribution in [-0.4, -0.2) is 17.0 Å². The van der Waals surface area contributed by atoms with Crippen molar-refractivity contribution in [3.05, 3.63) is 39.6 Å². The van der Waals surface area contributed by atoms with E-state index in [0.717, 1.165) is 32.7 Å². The molecule has 5 heteroatoms. The number of hydrogen-bond acceptors (Lipinski definition) is 4. The van der Waals surface area contributed by atoms with Crippen LogP contribution in [0, 0.1) is 20.8 Å². The van der Waals surface area contributed by atoms with Gasteiger partial charge in [0, 0.05) is 11.5 Å². The van der Waals surface area contributed by atoms with Crippen molar-refractivity contribution in [1.29, 1.82) is 0 Å². The summed E-state index contributed by atoms with van der Waals surface area (Å²) in [7, 11) is 1.83. The fourth-order valence-electron chi connectivity index (χ4n) is 1.87. The summed E-state index contributed by atoms with van der Waals surface area (Å²) in [4.78, 5) is 8.32. The van der Waals surface area contributed by atoms with Gasteiger partial charge in [0.2, 0.25) is 5.88 Å². The van der Waals surface area contributed by atoms with Crippen molar-refractivity contribution >= 4 is 21.7 Å². The number of aryl methyl sites for hydroxylation is 2. The molecule has 19 heavy (non-hydrogen) atoms. The first kappa shape index (κ1) is 13.8. The summed E-state index contributed by atoms with van der Waals surface area (Å²) < 4.78 is 6.96. The number of anilines is 1. The molecular formula is C14H16BrN3O. The summed E-state index contributed by atoms with van der Waals surface area (Å²) in [5.41, 5.74) is 3.16. The summed E-state index contributed by atoms with van der Waals surface area (Å²) in [6.07, 6.45) is 1.49. The highest BCUT2D eigenvalue weighted by Gasteiger charge is 2.09. The maximum atomic E-state index is 5.86. The highest BCUT2D eigenvalue weighted by atomic mass is 79.9. The van der Waals surface area contributed by atoms with E-state index in [2.05, 4.69) is 31.2 Å². The number of benzene rings is 1. The lowest BCUT2D eigenvalue weighted by atomic mass is 10.1. The fraction of sp³-hybridized carbons (Fsp3) is 0.286. The Hall–Kier alpha value is -1.62. The third-order valence-electron chi connectivity index (χ3n) is 2.90. The van der Waals surface area contributed by atoms with Crippen molar-refractivity contribution in [2.45, 2.75) is 20.8 Å². The van der Waals surface area contributed by atoms with Crippen molar-refractivity contribution in [2.75, 3.05) is 12.4 Å². The van der Waals surface area contributed by atoms with Gasteiger partial charge in [-0.2, -0.15) is 0 Å². The lowest BCUT2D eigenvalue weighted by Crippen LogP contribution is -2.00. The normalized spacial score (nSPS) is 10.4. The number of ether oxygens (including phenoxy) is 1. The van der Waals surface area contributed by atoms with E-state index >= 15 is 0 Å². The standard InChI is InChI=1S/C14H16BrN3O/c1-8-5-11(6-9(2)12(8)15)19-14-10(3)13(16-4)17-7-18-14/h5-7H,1-4H3,(H,16,17,18). The number of nitrogens with zero attached hydrogens (tertiary/aromatic N) is 2. The van der Waals surface area contributed by atoms with E-state index in [1.54, 1.807) is 0 Å². The SMILES string of the molecule is CNc1ncnc(Oc2cc(C)c(Br)c(C)c2)c1C. The summed E-state index contributed by atoms with van der Waals surface area (Å²) >= 11 is 3.54. The van der Waals surface area contributed by atoms with Crippen molar-refractivity contribution < 1.29 is 4.74 Å². The Morgan fingerprint density at radius 2 is 1.74 bits per heavy atom. The number of rotatable bonds is 3. The molecule has 1 aromatic heterocycles. The smallest absolute Gasteiger partial charge is 0.227 e. The Morgan fingerprint density at radius 1 is 1.11 bits per heavy atom. The maximum Gasteiger partial charge on any atom is 0.227 e. The van der Waals surface area contributed by atoms with Crippen LogP contribution >= 0.6 is 15.9 Å². The molecule has 100 valence electrons. The second kappa shape index (κ2) is 5.57. The largest absolute Gasteiger partial charge is 0.439 e. The van der Waals surface area contributed by atoms with Crippen LogP contribution in [0.1, 0.15) is 16.7 Å². The molecule has 0 bridgehead atoms. The average Bonchev–Trinajstić information content (AvgIpc) is 2.38. The molecule has 1 N–H and O–H groups in total. The molecule has 0 saturated carbocycles. The summed E-state index contributed by atoms with van der Waals surface area (Å²) in [5.74, 6) is 2.12. The van der Waals surface area contributed by atoms with Crippen LogP contribution in [0.5, 0.6) is 11.6 Å². The third-order valence-corrected chi connectivity index (χ3v) is 4.15. The Morgan fingerprint density at radius 3 is 2.32 bits per heavy atom. The summed E-state index contributed by atoms with van der Waals surface area (Å²) in [6.45, 7) is 6.01. The first-order valence-electron chi connectivity index (χ1n) is 5.97. The van der Waals surface area contributed by atoms with E-state index in [4.69, 9.17) is 4.74 Å². The van der Waals surface area contributed by atoms with E-state index in [1.807, 2.05) is 40.0 Å². The molecule has 2 rings (SSSR count). The number of hydrogen-bond donors (Lipinski definition) is 1. The van der Waals surface area contributed by atoms with E-state index in [1.165, 1.54) is 6.33 Å². The lowest BCUT2D eigenvalue weighted by Gasteiger charge is -2.12. The molecule has 1 aromatic carbocycles. The fourth-order valence-corrected chi connectivity index (χ4v) is 2.09. The van der Waals surface area contributed by atoms with Crippen molar-refractivity contribution in [3.63, 3.8) is 0 Å². The van der Waals surface area contributed by atoms with Crippen LogP contribution in [0.25, 0.3) is 0 Å². The molecule has 0 radical (unpaired) electrons. The van der Waals surface area contributed by atoms with Crippen LogP contribution in [0.4, 0.5) is 5.82 Å². The first-order valence-corrected chi connectivity index (χ1v) is 6.76. The zero-order valence-electron chi connectivity index (χ0n) is 11.4. The summed E-state index contributed by atoms with van der Waals surface area (Å²) in [5, 5.41) is 3.01. The molecule has 0 fully saturated rings. The zero-order chi connectivity index (χ0) is 14.0. The van der Waals surface area contributed by atoms with Crippen molar-refractivity contribution in [3.8, 4) is 11.6 Å². The van der Waals surface area contributed by atoms with Gasteiger partial charge < -0.3 is 10.1 Å². The average molecular weight is 322 g/mol. The number of aromatic nitrogens is 2. The minimum Gasteiger partial charge on any atom is -0.439 e. The van der Waals surface area contributed by atoms with Gasteiger partial charge in [-0.3, -0.25) is 0 Å². The highest BCUT2D eigenvalue weighted by molar-refractivity contribution is 9.10. The molecule has 0 saturated heterocycles. The monoisotopic (exact) mass is 321 g/mol. The minimum absolute atomic E-state index is 0.570. The molecule has 4 nitrogen and oxygen atoms in total. The van der Waals surface area contributed by atoms with Gasteiger partial charge in [-0.15, -0.1) is 0 Å². The molecule has 0 aliphatic rings. The van der Waals surface area contributed by atoms with Crippen LogP contribution in [0.2, 0.25) is 0 Å². The molecule has 0 atom stereocenters. The predicted molar refractivity (Wildman–Crippen MR) is 80.0 cm³/mol. The van der Waals surface area contributed by atoms with Gasteiger partial charge in [0.05, 0.1) is 5.56 Å². The van der Waals surface area contributed by atoms with Gasteiger partial charge in [-0.1, -0.05) is 15.9 Å². The highest BCUT2D eigenvalue weighted by Crippen LogP contribution is 2.30. The molecule has 0 amide bonds. The van der Waals surface area contributed by atoms with E-state index < -0.39 is 0 Å². The van der Waals surface area contributed by atoms with Crippen molar-refractivity contribution in [1.82, 2.24) is 9.97 Å². The lowest BCUT2D eigenvalue weighted by molar-refractivity contribution is 0.457.